The molecule has 2 N–H and O–H groups in total. The van der Waals surface area contributed by atoms with Crippen molar-refractivity contribution >= 4 is 29.4 Å². The van der Waals surface area contributed by atoms with Crippen molar-refractivity contribution in [2.45, 2.75) is 6.61 Å². The fourth-order valence-electron chi connectivity index (χ4n) is 1.60. The first-order chi connectivity index (χ1) is 9.20. The van der Waals surface area contributed by atoms with E-state index in [1.807, 2.05) is 24.3 Å². The van der Waals surface area contributed by atoms with Gasteiger partial charge in [-0.2, -0.15) is 5.10 Å². The van der Waals surface area contributed by atoms with Gasteiger partial charge in [0.05, 0.1) is 6.21 Å². The fourth-order valence-corrected chi connectivity index (χ4v) is 1.97. The summed E-state index contributed by atoms with van der Waals surface area (Å²) in [6.07, 6.45) is 1.49. The molecule has 19 heavy (non-hydrogen) atoms. The zero-order chi connectivity index (χ0) is 13.7. The van der Waals surface area contributed by atoms with Crippen LogP contribution in [0, 0.1) is 0 Å². The molecule has 0 unspecified atom stereocenters. The minimum absolute atomic E-state index is 0.368. The lowest BCUT2D eigenvalue weighted by Gasteiger charge is -2.10. The number of benzene rings is 2. The molecule has 0 aromatic heterocycles. The quantitative estimate of drug-likeness (QED) is 0.529. The molecule has 3 nitrogen and oxygen atoms in total. The molecule has 0 radical (unpaired) electrons. The van der Waals surface area contributed by atoms with Crippen molar-refractivity contribution in [3.63, 3.8) is 0 Å². The van der Waals surface area contributed by atoms with Crippen LogP contribution < -0.4 is 10.6 Å². The maximum Gasteiger partial charge on any atom is 0.128 e. The maximum absolute atomic E-state index is 6.07. The van der Waals surface area contributed by atoms with Crippen LogP contribution in [0.15, 0.2) is 47.6 Å². The smallest absolute Gasteiger partial charge is 0.128 e. The standard InChI is InChI=1S/C14H12Cl2N2O/c15-12-5-6-14(11(7-12)8-18-17)19-9-10-3-1-2-4-13(10)16/h1-8H,9,17H2. The van der Waals surface area contributed by atoms with Crippen LogP contribution in [0.5, 0.6) is 5.75 Å². The van der Waals surface area contributed by atoms with Gasteiger partial charge >= 0.3 is 0 Å². The van der Waals surface area contributed by atoms with Crippen LogP contribution in [-0.2, 0) is 6.61 Å². The van der Waals surface area contributed by atoms with Crippen molar-refractivity contribution in [2.24, 2.45) is 10.9 Å². The van der Waals surface area contributed by atoms with Crippen molar-refractivity contribution in [3.05, 3.63) is 63.6 Å². The Kier molecular flexibility index (Phi) is 4.66. The molecule has 0 amide bonds. The van der Waals surface area contributed by atoms with Gasteiger partial charge in [-0.05, 0) is 24.3 Å². The van der Waals surface area contributed by atoms with Crippen LogP contribution in [0.4, 0.5) is 0 Å². The van der Waals surface area contributed by atoms with Crippen LogP contribution in [-0.4, -0.2) is 6.21 Å². The molecule has 0 saturated heterocycles. The summed E-state index contributed by atoms with van der Waals surface area (Å²) in [5.41, 5.74) is 1.64. The van der Waals surface area contributed by atoms with Crippen LogP contribution in [0.25, 0.3) is 0 Å². The summed E-state index contributed by atoms with van der Waals surface area (Å²) >= 11 is 12.0. The summed E-state index contributed by atoms with van der Waals surface area (Å²) in [6.45, 7) is 0.368. The van der Waals surface area contributed by atoms with E-state index in [0.717, 1.165) is 11.1 Å². The molecule has 0 aliphatic heterocycles. The van der Waals surface area contributed by atoms with E-state index in [0.29, 0.717) is 22.4 Å². The van der Waals surface area contributed by atoms with E-state index in [2.05, 4.69) is 5.10 Å². The SMILES string of the molecule is NN=Cc1cc(Cl)ccc1OCc1ccccc1Cl. The molecule has 0 spiro atoms. The van der Waals surface area contributed by atoms with E-state index in [1.54, 1.807) is 18.2 Å². The highest BCUT2D eigenvalue weighted by Gasteiger charge is 2.05. The van der Waals surface area contributed by atoms with E-state index in [-0.39, 0.29) is 0 Å². The molecule has 0 aliphatic carbocycles. The second-order valence-corrected chi connectivity index (χ2v) is 4.68. The van der Waals surface area contributed by atoms with Crippen molar-refractivity contribution in [3.8, 4) is 5.75 Å². The average Bonchev–Trinajstić information content (AvgIpc) is 2.40. The summed E-state index contributed by atoms with van der Waals surface area (Å²) in [4.78, 5) is 0. The normalized spacial score (nSPS) is 10.8. The van der Waals surface area contributed by atoms with Crippen LogP contribution >= 0.6 is 23.2 Å². The van der Waals surface area contributed by atoms with Crippen LogP contribution in [0.1, 0.15) is 11.1 Å². The molecule has 0 heterocycles. The lowest BCUT2D eigenvalue weighted by molar-refractivity contribution is 0.306. The van der Waals surface area contributed by atoms with Crippen molar-refractivity contribution in [1.82, 2.24) is 0 Å². The van der Waals surface area contributed by atoms with Gasteiger partial charge in [0.2, 0.25) is 0 Å². The van der Waals surface area contributed by atoms with E-state index >= 15 is 0 Å². The monoisotopic (exact) mass is 294 g/mol. The lowest BCUT2D eigenvalue weighted by Crippen LogP contribution is -1.99. The average molecular weight is 295 g/mol. The van der Waals surface area contributed by atoms with Gasteiger partial charge < -0.3 is 10.6 Å². The van der Waals surface area contributed by atoms with Crippen LogP contribution in [0.3, 0.4) is 0 Å². The summed E-state index contributed by atoms with van der Waals surface area (Å²) in [5, 5.41) is 4.76. The lowest BCUT2D eigenvalue weighted by atomic mass is 10.2. The minimum atomic E-state index is 0.368. The zero-order valence-electron chi connectivity index (χ0n) is 10.0. The molecule has 2 aromatic carbocycles. The van der Waals surface area contributed by atoms with Gasteiger partial charge in [-0.25, -0.2) is 0 Å². The Bertz CT molecular complexity index is 600. The van der Waals surface area contributed by atoms with E-state index in [4.69, 9.17) is 33.8 Å². The third-order valence-electron chi connectivity index (χ3n) is 2.53. The first-order valence-corrected chi connectivity index (χ1v) is 6.35. The second-order valence-electron chi connectivity index (χ2n) is 3.84. The van der Waals surface area contributed by atoms with Gasteiger partial charge in [-0.15, -0.1) is 0 Å². The van der Waals surface area contributed by atoms with E-state index < -0.39 is 0 Å². The molecule has 0 fully saturated rings. The zero-order valence-corrected chi connectivity index (χ0v) is 11.5. The highest BCUT2D eigenvalue weighted by molar-refractivity contribution is 6.31. The summed E-state index contributed by atoms with van der Waals surface area (Å²) in [7, 11) is 0. The molecule has 0 bridgehead atoms. The Morgan fingerprint density at radius 1 is 1.16 bits per heavy atom. The highest BCUT2D eigenvalue weighted by atomic mass is 35.5. The molecule has 0 saturated carbocycles. The maximum atomic E-state index is 6.07. The summed E-state index contributed by atoms with van der Waals surface area (Å²) in [6, 6.07) is 12.8. The predicted octanol–water partition coefficient (Wildman–Crippen LogP) is 3.87. The molecule has 2 rings (SSSR count). The molecule has 2 aromatic rings. The Labute approximate surface area is 121 Å². The Morgan fingerprint density at radius 3 is 2.68 bits per heavy atom. The molecule has 0 atom stereocenters. The number of rotatable bonds is 4. The summed E-state index contributed by atoms with van der Waals surface area (Å²) in [5.74, 6) is 5.81. The van der Waals surface area contributed by atoms with Gasteiger partial charge in [0.25, 0.3) is 0 Å². The second kappa shape index (κ2) is 6.45. The van der Waals surface area contributed by atoms with Gasteiger partial charge in [0.15, 0.2) is 0 Å². The third-order valence-corrected chi connectivity index (χ3v) is 3.13. The topological polar surface area (TPSA) is 47.6 Å². The molecule has 98 valence electrons. The first-order valence-electron chi connectivity index (χ1n) is 5.59. The van der Waals surface area contributed by atoms with Gasteiger partial charge in [0, 0.05) is 21.2 Å². The van der Waals surface area contributed by atoms with Crippen LogP contribution in [0.2, 0.25) is 10.0 Å². The minimum Gasteiger partial charge on any atom is -0.488 e. The molecule has 0 aliphatic rings. The molecular weight excluding hydrogens is 283 g/mol. The Morgan fingerprint density at radius 2 is 1.95 bits per heavy atom. The number of hydrogen-bond donors (Lipinski definition) is 1. The van der Waals surface area contributed by atoms with Crippen molar-refractivity contribution < 1.29 is 4.74 Å². The predicted molar refractivity (Wildman–Crippen MR) is 79.0 cm³/mol. The number of nitrogens with two attached hydrogens (primary N) is 1. The third kappa shape index (κ3) is 3.63. The van der Waals surface area contributed by atoms with Gasteiger partial charge in [-0.1, -0.05) is 41.4 Å². The molecule has 5 heteroatoms. The number of hydrogen-bond acceptors (Lipinski definition) is 3. The largest absolute Gasteiger partial charge is 0.488 e. The first kappa shape index (κ1) is 13.7. The molecular formula is C14H12Cl2N2O. The van der Waals surface area contributed by atoms with Crippen molar-refractivity contribution in [2.75, 3.05) is 0 Å². The summed E-state index contributed by atoms with van der Waals surface area (Å²) < 4.78 is 5.72. The number of ether oxygens (including phenoxy) is 1. The van der Waals surface area contributed by atoms with Gasteiger partial charge in [0.1, 0.15) is 12.4 Å². The van der Waals surface area contributed by atoms with E-state index in [1.165, 1.54) is 6.21 Å². The number of nitrogens with zero attached hydrogens (tertiary/aromatic N) is 1. The fraction of sp³-hybridized carbons (Fsp3) is 0.0714. The number of hydrazone groups is 1. The van der Waals surface area contributed by atoms with Gasteiger partial charge in [-0.3, -0.25) is 0 Å². The Balaban J connectivity index is 2.18. The van der Waals surface area contributed by atoms with E-state index in [9.17, 15) is 0 Å². The van der Waals surface area contributed by atoms with Crippen molar-refractivity contribution in [1.29, 1.82) is 0 Å². The highest BCUT2D eigenvalue weighted by Crippen LogP contribution is 2.23. The Hall–Kier alpha value is -1.71. The number of halogens is 2.